The third kappa shape index (κ3) is 2.35. The normalized spacial score (nSPS) is 36.1. The van der Waals surface area contributed by atoms with Crippen molar-refractivity contribution in [1.82, 2.24) is 0 Å². The molecule has 2 rings (SSSR count). The lowest BCUT2D eigenvalue weighted by atomic mass is 9.85. The fraction of sp³-hybridized carbons (Fsp3) is 0.727. The van der Waals surface area contributed by atoms with E-state index in [0.29, 0.717) is 12.0 Å². The lowest BCUT2D eigenvalue weighted by Crippen LogP contribution is -2.27. The van der Waals surface area contributed by atoms with Crippen molar-refractivity contribution in [2.75, 3.05) is 6.61 Å². The fourth-order valence-corrected chi connectivity index (χ4v) is 2.17. The van der Waals surface area contributed by atoms with Gasteiger partial charge in [0.1, 0.15) is 6.10 Å². The minimum atomic E-state index is -0.299. The topological polar surface area (TPSA) is 38.8 Å². The molecule has 3 unspecified atom stereocenters. The van der Waals surface area contributed by atoms with E-state index in [9.17, 15) is 4.79 Å². The molecule has 1 saturated carbocycles. The van der Waals surface area contributed by atoms with Gasteiger partial charge in [-0.3, -0.25) is 0 Å². The van der Waals surface area contributed by atoms with Crippen LogP contribution in [0.25, 0.3) is 0 Å². The van der Waals surface area contributed by atoms with Crippen molar-refractivity contribution in [3.05, 3.63) is 12.7 Å². The average molecular weight is 196 g/mol. The smallest absolute Gasteiger partial charge is 0.330 e. The monoisotopic (exact) mass is 196 g/mol. The molecule has 1 aliphatic heterocycles. The standard InChI is InChI=1S/C11H16O3/c1-2-11(12)14-9-5-3-4-8(6-9)10-7-13-10/h2,8-10H,1,3-7H2. The van der Waals surface area contributed by atoms with E-state index in [-0.39, 0.29) is 12.1 Å². The molecule has 0 N–H and O–H groups in total. The zero-order valence-electron chi connectivity index (χ0n) is 8.28. The van der Waals surface area contributed by atoms with Crippen LogP contribution in [0, 0.1) is 5.92 Å². The number of hydrogen-bond donors (Lipinski definition) is 0. The summed E-state index contributed by atoms with van der Waals surface area (Å²) in [5, 5.41) is 0. The molecule has 2 fully saturated rings. The SMILES string of the molecule is C=CC(=O)OC1CCCC(C2CO2)C1. The van der Waals surface area contributed by atoms with Crippen LogP contribution in [0.3, 0.4) is 0 Å². The first kappa shape index (κ1) is 9.71. The molecule has 3 nitrogen and oxygen atoms in total. The first-order chi connectivity index (χ1) is 6.79. The van der Waals surface area contributed by atoms with Crippen molar-refractivity contribution in [3.63, 3.8) is 0 Å². The third-order valence-corrected chi connectivity index (χ3v) is 3.00. The molecule has 1 heterocycles. The lowest BCUT2D eigenvalue weighted by molar-refractivity contribution is -0.145. The molecule has 1 saturated heterocycles. The first-order valence-electron chi connectivity index (χ1n) is 5.24. The minimum absolute atomic E-state index is 0.0865. The number of ether oxygens (including phenoxy) is 2. The molecule has 2 aliphatic rings. The number of carbonyl (C=O) groups is 1. The molecule has 0 aromatic rings. The molecule has 0 aromatic heterocycles. The summed E-state index contributed by atoms with van der Waals surface area (Å²) in [5.74, 6) is 0.304. The molecule has 0 spiro atoms. The maximum atomic E-state index is 11.0. The quantitative estimate of drug-likeness (QED) is 0.391. The zero-order valence-corrected chi connectivity index (χ0v) is 8.28. The van der Waals surface area contributed by atoms with Crippen molar-refractivity contribution >= 4 is 5.97 Å². The van der Waals surface area contributed by atoms with Crippen molar-refractivity contribution < 1.29 is 14.3 Å². The van der Waals surface area contributed by atoms with Gasteiger partial charge in [-0.2, -0.15) is 0 Å². The Morgan fingerprint density at radius 2 is 2.29 bits per heavy atom. The van der Waals surface area contributed by atoms with Crippen LogP contribution in [0.1, 0.15) is 25.7 Å². The van der Waals surface area contributed by atoms with Gasteiger partial charge in [-0.1, -0.05) is 6.58 Å². The van der Waals surface area contributed by atoms with Crippen molar-refractivity contribution in [2.24, 2.45) is 5.92 Å². The molecule has 3 heteroatoms. The molecule has 1 aliphatic carbocycles. The van der Waals surface area contributed by atoms with Crippen LogP contribution in [-0.2, 0) is 14.3 Å². The second-order valence-corrected chi connectivity index (χ2v) is 4.06. The zero-order chi connectivity index (χ0) is 9.97. The number of esters is 1. The molecular formula is C11H16O3. The Balaban J connectivity index is 1.80. The van der Waals surface area contributed by atoms with Crippen LogP contribution >= 0.6 is 0 Å². The van der Waals surface area contributed by atoms with E-state index < -0.39 is 0 Å². The van der Waals surface area contributed by atoms with E-state index >= 15 is 0 Å². The van der Waals surface area contributed by atoms with Crippen molar-refractivity contribution in [1.29, 1.82) is 0 Å². The van der Waals surface area contributed by atoms with E-state index in [2.05, 4.69) is 6.58 Å². The molecule has 0 amide bonds. The highest BCUT2D eigenvalue weighted by molar-refractivity contribution is 5.81. The highest BCUT2D eigenvalue weighted by Crippen LogP contribution is 2.34. The van der Waals surface area contributed by atoms with Gasteiger partial charge in [0.25, 0.3) is 0 Å². The molecule has 0 bridgehead atoms. The first-order valence-corrected chi connectivity index (χ1v) is 5.24. The Morgan fingerprint density at radius 3 is 2.93 bits per heavy atom. The van der Waals surface area contributed by atoms with E-state index in [1.807, 2.05) is 0 Å². The molecular weight excluding hydrogens is 180 g/mol. The maximum Gasteiger partial charge on any atom is 0.330 e. The highest BCUT2D eigenvalue weighted by Gasteiger charge is 2.36. The Labute approximate surface area is 84.1 Å². The van der Waals surface area contributed by atoms with Crippen molar-refractivity contribution in [3.8, 4) is 0 Å². The summed E-state index contributed by atoms with van der Waals surface area (Å²) in [7, 11) is 0. The number of epoxide rings is 1. The lowest BCUT2D eigenvalue weighted by Gasteiger charge is -2.27. The van der Waals surface area contributed by atoms with Crippen LogP contribution < -0.4 is 0 Å². The number of carbonyl (C=O) groups excluding carboxylic acids is 1. The van der Waals surface area contributed by atoms with Crippen LogP contribution in [0.15, 0.2) is 12.7 Å². The summed E-state index contributed by atoms with van der Waals surface area (Å²) >= 11 is 0. The summed E-state index contributed by atoms with van der Waals surface area (Å²) in [6.45, 7) is 4.29. The van der Waals surface area contributed by atoms with Crippen LogP contribution in [0.4, 0.5) is 0 Å². The Kier molecular flexibility index (Phi) is 2.87. The molecule has 14 heavy (non-hydrogen) atoms. The van der Waals surface area contributed by atoms with Gasteiger partial charge in [-0.15, -0.1) is 0 Å². The van der Waals surface area contributed by atoms with E-state index in [1.165, 1.54) is 12.5 Å². The predicted molar refractivity (Wildman–Crippen MR) is 51.8 cm³/mol. The Hall–Kier alpha value is -0.830. The minimum Gasteiger partial charge on any atom is -0.459 e. The van der Waals surface area contributed by atoms with Crippen LogP contribution in [-0.4, -0.2) is 24.8 Å². The van der Waals surface area contributed by atoms with E-state index in [4.69, 9.17) is 9.47 Å². The van der Waals surface area contributed by atoms with Gasteiger partial charge in [-0.25, -0.2) is 4.79 Å². The molecule has 3 atom stereocenters. The molecule has 78 valence electrons. The van der Waals surface area contributed by atoms with E-state index in [0.717, 1.165) is 25.9 Å². The third-order valence-electron chi connectivity index (χ3n) is 3.00. The Bertz CT molecular complexity index is 233. The average Bonchev–Trinajstić information content (AvgIpc) is 3.01. The van der Waals surface area contributed by atoms with Gasteiger partial charge >= 0.3 is 5.97 Å². The van der Waals surface area contributed by atoms with E-state index in [1.54, 1.807) is 0 Å². The largest absolute Gasteiger partial charge is 0.459 e. The summed E-state index contributed by atoms with van der Waals surface area (Å²) in [5.41, 5.74) is 0. The Morgan fingerprint density at radius 1 is 1.50 bits per heavy atom. The summed E-state index contributed by atoms with van der Waals surface area (Å²) in [6, 6.07) is 0. The van der Waals surface area contributed by atoms with Gasteiger partial charge in [-0.05, 0) is 31.6 Å². The summed E-state index contributed by atoms with van der Waals surface area (Å²) < 4.78 is 10.5. The highest BCUT2D eigenvalue weighted by atomic mass is 16.6. The van der Waals surface area contributed by atoms with Gasteiger partial charge in [0.2, 0.25) is 0 Å². The van der Waals surface area contributed by atoms with Gasteiger partial charge in [0, 0.05) is 6.08 Å². The fourth-order valence-electron chi connectivity index (χ4n) is 2.17. The summed E-state index contributed by atoms with van der Waals surface area (Å²) in [4.78, 5) is 11.0. The van der Waals surface area contributed by atoms with Gasteiger partial charge < -0.3 is 9.47 Å². The second kappa shape index (κ2) is 4.13. The van der Waals surface area contributed by atoms with Gasteiger partial charge in [0.15, 0.2) is 0 Å². The van der Waals surface area contributed by atoms with Crippen LogP contribution in [0.5, 0.6) is 0 Å². The van der Waals surface area contributed by atoms with Crippen molar-refractivity contribution in [2.45, 2.75) is 37.9 Å². The second-order valence-electron chi connectivity index (χ2n) is 4.06. The van der Waals surface area contributed by atoms with Gasteiger partial charge in [0.05, 0.1) is 12.7 Å². The molecule has 0 radical (unpaired) electrons. The maximum absolute atomic E-state index is 11.0. The predicted octanol–water partition coefficient (Wildman–Crippen LogP) is 1.67. The van der Waals surface area contributed by atoms with Crippen LogP contribution in [0.2, 0.25) is 0 Å². The summed E-state index contributed by atoms with van der Waals surface area (Å²) in [6.07, 6.45) is 6.07. The number of hydrogen-bond acceptors (Lipinski definition) is 3. The number of rotatable bonds is 3. The molecule has 0 aromatic carbocycles.